The molecule has 1 aromatic carbocycles. The molecule has 0 saturated heterocycles. The van der Waals surface area contributed by atoms with Gasteiger partial charge in [-0.1, -0.05) is 0 Å². The van der Waals surface area contributed by atoms with Gasteiger partial charge in [0.1, 0.15) is 11.3 Å². The highest BCUT2D eigenvalue weighted by molar-refractivity contribution is 7.90. The molecular weight excluding hydrogens is 416 g/mol. The average molecular weight is 439 g/mol. The number of hydrogen-bond acceptors (Lipinski definition) is 6. The van der Waals surface area contributed by atoms with Crippen molar-refractivity contribution in [3.8, 4) is 22.8 Å². The van der Waals surface area contributed by atoms with Crippen LogP contribution in [0.25, 0.3) is 22.0 Å². The van der Waals surface area contributed by atoms with E-state index in [1.54, 1.807) is 25.4 Å². The van der Waals surface area contributed by atoms with Crippen molar-refractivity contribution in [1.29, 1.82) is 0 Å². The Hall–Kier alpha value is -2.29. The van der Waals surface area contributed by atoms with E-state index >= 15 is 0 Å². The molecule has 1 N–H and O–H groups in total. The predicted octanol–water partition coefficient (Wildman–Crippen LogP) is 2.88. The minimum Gasteiger partial charge on any atom is -0.493 e. The molecule has 0 fully saturated rings. The van der Waals surface area contributed by atoms with Gasteiger partial charge in [-0.05, 0) is 24.3 Å². The van der Waals surface area contributed by atoms with Gasteiger partial charge in [-0.3, -0.25) is 0 Å². The number of benzene rings is 1. The van der Waals surface area contributed by atoms with Gasteiger partial charge in [-0.25, -0.2) is 13.4 Å². The van der Waals surface area contributed by atoms with Gasteiger partial charge in [0.2, 0.25) is 5.88 Å². The number of methoxy groups -OCH3 is 1. The van der Waals surface area contributed by atoms with Gasteiger partial charge in [0.15, 0.2) is 9.84 Å². The molecule has 0 amide bonds. The van der Waals surface area contributed by atoms with Gasteiger partial charge < -0.3 is 19.1 Å². The van der Waals surface area contributed by atoms with Crippen molar-refractivity contribution in [2.45, 2.75) is 4.90 Å². The first-order chi connectivity index (χ1) is 13.8. The zero-order valence-corrected chi connectivity index (χ0v) is 18.0. The minimum atomic E-state index is -3.41. The van der Waals surface area contributed by atoms with Crippen LogP contribution >= 0.6 is 11.6 Å². The summed E-state index contributed by atoms with van der Waals surface area (Å²) >= 11 is 5.85. The Kier molecular flexibility index (Phi) is 6.36. The normalized spacial score (nSPS) is 12.9. The highest BCUT2D eigenvalue weighted by Gasteiger charge is 2.20. The van der Waals surface area contributed by atoms with E-state index in [1.165, 1.54) is 6.07 Å². The second-order valence-electron chi connectivity index (χ2n) is 6.81. The molecule has 156 valence electrons. The molecule has 0 saturated carbocycles. The lowest BCUT2D eigenvalue weighted by molar-refractivity contribution is 0.176. The van der Waals surface area contributed by atoms with Gasteiger partial charge in [-0.2, -0.15) is 0 Å². The Morgan fingerprint density at radius 2 is 2.03 bits per heavy atom. The second kappa shape index (κ2) is 8.61. The monoisotopic (exact) mass is 438 g/mol. The maximum absolute atomic E-state index is 12.1. The van der Waals surface area contributed by atoms with E-state index in [0.29, 0.717) is 17.2 Å². The first-order valence-electron chi connectivity index (χ1n) is 8.92. The van der Waals surface area contributed by atoms with E-state index in [9.17, 15) is 13.5 Å². The van der Waals surface area contributed by atoms with Crippen LogP contribution in [0, 0.1) is 5.92 Å². The number of alkyl halides is 1. The zero-order valence-electron chi connectivity index (χ0n) is 16.4. The number of halogens is 1. The molecular formula is C20H23ClN2O5S. The van der Waals surface area contributed by atoms with Crippen molar-refractivity contribution in [3.63, 3.8) is 0 Å². The number of pyridine rings is 1. The summed E-state index contributed by atoms with van der Waals surface area (Å²) in [5.74, 6) is 1.00. The Morgan fingerprint density at radius 3 is 2.66 bits per heavy atom. The summed E-state index contributed by atoms with van der Waals surface area (Å²) in [6.07, 6.45) is 4.69. The van der Waals surface area contributed by atoms with E-state index in [1.807, 2.05) is 23.9 Å². The van der Waals surface area contributed by atoms with Crippen molar-refractivity contribution in [3.05, 3.63) is 36.7 Å². The van der Waals surface area contributed by atoms with Crippen LogP contribution in [0.5, 0.6) is 11.6 Å². The van der Waals surface area contributed by atoms with Crippen LogP contribution in [0.2, 0.25) is 0 Å². The molecule has 3 aromatic rings. The third-order valence-electron chi connectivity index (χ3n) is 4.67. The van der Waals surface area contributed by atoms with Crippen LogP contribution in [0.1, 0.15) is 0 Å². The van der Waals surface area contributed by atoms with E-state index in [4.69, 9.17) is 21.1 Å². The Labute approximate surface area is 174 Å². The number of ether oxygens (including phenoxy) is 2. The fraction of sp³-hybridized carbons (Fsp3) is 0.350. The number of sulfone groups is 1. The molecule has 0 bridgehead atoms. The molecule has 3 rings (SSSR count). The van der Waals surface area contributed by atoms with E-state index in [0.717, 1.165) is 22.7 Å². The van der Waals surface area contributed by atoms with Crippen LogP contribution in [-0.2, 0) is 16.9 Å². The molecule has 7 nitrogen and oxygen atoms in total. The van der Waals surface area contributed by atoms with Crippen molar-refractivity contribution in [1.82, 2.24) is 9.55 Å². The number of rotatable bonds is 8. The Bertz CT molecular complexity index is 1120. The van der Waals surface area contributed by atoms with Crippen LogP contribution in [0.15, 0.2) is 41.6 Å². The molecule has 0 aliphatic carbocycles. The Balaban J connectivity index is 2.20. The lowest BCUT2D eigenvalue weighted by Crippen LogP contribution is -2.17. The molecule has 0 spiro atoms. The Morgan fingerprint density at radius 1 is 1.28 bits per heavy atom. The van der Waals surface area contributed by atoms with Crippen molar-refractivity contribution >= 4 is 32.3 Å². The smallest absolute Gasteiger partial charge is 0.238 e. The van der Waals surface area contributed by atoms with Crippen molar-refractivity contribution in [2.75, 3.05) is 32.5 Å². The number of nitrogens with zero attached hydrogens (tertiary/aromatic N) is 2. The summed E-state index contributed by atoms with van der Waals surface area (Å²) in [5.41, 5.74) is 2.20. The SMILES string of the molecule is COc1nccc2c(-c3cc(S(C)(=O)=O)ccc3OCC(CO)CCl)cn(C)c12. The van der Waals surface area contributed by atoms with Crippen LogP contribution in [0.4, 0.5) is 0 Å². The fourth-order valence-electron chi connectivity index (χ4n) is 3.11. The summed E-state index contributed by atoms with van der Waals surface area (Å²) in [4.78, 5) is 4.43. The minimum absolute atomic E-state index is 0.0998. The number of aryl methyl sites for hydroxylation is 1. The first-order valence-corrected chi connectivity index (χ1v) is 11.3. The molecule has 0 aliphatic heterocycles. The molecule has 1 unspecified atom stereocenters. The molecule has 29 heavy (non-hydrogen) atoms. The van der Waals surface area contributed by atoms with E-state index < -0.39 is 9.84 Å². The summed E-state index contributed by atoms with van der Waals surface area (Å²) in [6, 6.07) is 6.59. The van der Waals surface area contributed by atoms with Crippen molar-refractivity contribution in [2.24, 2.45) is 13.0 Å². The number of aliphatic hydroxyl groups excluding tert-OH is 1. The molecule has 9 heteroatoms. The lowest BCUT2D eigenvalue weighted by Gasteiger charge is -2.16. The van der Waals surface area contributed by atoms with E-state index in [-0.39, 0.29) is 29.9 Å². The van der Waals surface area contributed by atoms with Crippen LogP contribution in [0.3, 0.4) is 0 Å². The van der Waals surface area contributed by atoms with Gasteiger partial charge in [0.25, 0.3) is 0 Å². The standard InChI is InChI=1S/C20H23ClN2O5S/c1-23-10-17(15-6-7-22-20(27-2)19(15)23)16-8-14(29(3,25)26)4-5-18(16)28-12-13(9-21)11-24/h4-8,10,13,24H,9,11-12H2,1-3H3. The number of aromatic nitrogens is 2. The summed E-state index contributed by atoms with van der Waals surface area (Å²) < 4.78 is 37.4. The highest BCUT2D eigenvalue weighted by atomic mass is 35.5. The number of hydrogen-bond donors (Lipinski definition) is 1. The topological polar surface area (TPSA) is 90.7 Å². The first kappa shape index (κ1) is 21.4. The molecule has 2 aromatic heterocycles. The van der Waals surface area contributed by atoms with Gasteiger partial charge in [0, 0.05) is 54.0 Å². The quantitative estimate of drug-likeness (QED) is 0.544. The second-order valence-corrected chi connectivity index (χ2v) is 9.14. The summed E-state index contributed by atoms with van der Waals surface area (Å²) in [6.45, 7) is 0.109. The lowest BCUT2D eigenvalue weighted by atomic mass is 10.0. The molecule has 2 heterocycles. The van der Waals surface area contributed by atoms with Crippen molar-refractivity contribution < 1.29 is 23.0 Å². The third-order valence-corrected chi connectivity index (χ3v) is 6.22. The van der Waals surface area contributed by atoms with Crippen LogP contribution in [-0.4, -0.2) is 55.5 Å². The molecule has 0 aliphatic rings. The molecule has 1 atom stereocenters. The maximum Gasteiger partial charge on any atom is 0.238 e. The largest absolute Gasteiger partial charge is 0.493 e. The summed E-state index contributed by atoms with van der Waals surface area (Å²) in [7, 11) is 0.00690. The third kappa shape index (κ3) is 4.34. The predicted molar refractivity (Wildman–Crippen MR) is 113 cm³/mol. The fourth-order valence-corrected chi connectivity index (χ4v) is 3.95. The highest BCUT2D eigenvalue weighted by Crippen LogP contribution is 2.39. The van der Waals surface area contributed by atoms with Gasteiger partial charge >= 0.3 is 0 Å². The number of fused-ring (bicyclic) bond motifs is 1. The maximum atomic E-state index is 12.1. The van der Waals surface area contributed by atoms with Gasteiger partial charge in [0.05, 0.1) is 25.2 Å². The zero-order chi connectivity index (χ0) is 21.2. The van der Waals surface area contributed by atoms with Gasteiger partial charge in [-0.15, -0.1) is 11.6 Å². The van der Waals surface area contributed by atoms with Crippen LogP contribution < -0.4 is 9.47 Å². The average Bonchev–Trinajstić information content (AvgIpc) is 3.04. The van der Waals surface area contributed by atoms with E-state index in [2.05, 4.69) is 4.98 Å². The summed E-state index contributed by atoms with van der Waals surface area (Å²) in [5, 5.41) is 10.2. The molecule has 0 radical (unpaired) electrons. The number of aliphatic hydroxyl groups is 1.